The Morgan fingerprint density at radius 2 is 2.23 bits per heavy atom. The highest BCUT2D eigenvalue weighted by atomic mass is 32.1. The topological polar surface area (TPSA) is 41.8 Å². The van der Waals surface area contributed by atoms with Gasteiger partial charge in [0.1, 0.15) is 0 Å². The van der Waals surface area contributed by atoms with Crippen molar-refractivity contribution in [3.63, 3.8) is 0 Å². The average Bonchev–Trinajstić information content (AvgIpc) is 2.63. The molecule has 1 aromatic carbocycles. The molecule has 0 saturated heterocycles. The fourth-order valence-electron chi connectivity index (χ4n) is 1.31. The van der Waals surface area contributed by atoms with Crippen molar-refractivity contribution in [3.05, 3.63) is 41.4 Å². The van der Waals surface area contributed by atoms with Crippen LogP contribution in [0.2, 0.25) is 0 Å². The van der Waals surface area contributed by atoms with Gasteiger partial charge in [-0.3, -0.25) is 0 Å². The van der Waals surface area contributed by atoms with Gasteiger partial charge in [-0.05, 0) is 29.2 Å². The Labute approximate surface area is 81.9 Å². The molecule has 3 heteroatoms. The lowest BCUT2D eigenvalue weighted by molar-refractivity contribution is 1.47. The Bertz CT molecular complexity index is 457. The summed E-state index contributed by atoms with van der Waals surface area (Å²) >= 11 is 4.01. The lowest BCUT2D eigenvalue weighted by Crippen LogP contribution is -1.94. The van der Waals surface area contributed by atoms with E-state index in [1.54, 1.807) is 5.41 Å². The minimum atomic E-state index is 0.687. The second kappa shape index (κ2) is 3.18. The van der Waals surface area contributed by atoms with E-state index in [-0.39, 0.29) is 0 Å². The van der Waals surface area contributed by atoms with E-state index < -0.39 is 0 Å². The van der Waals surface area contributed by atoms with E-state index in [0.29, 0.717) is 5.70 Å². The molecule has 0 saturated carbocycles. The fourth-order valence-corrected chi connectivity index (χ4v) is 1.46. The van der Waals surface area contributed by atoms with Gasteiger partial charge in [-0.15, -0.1) is 12.6 Å². The number of hydrogen-bond donors (Lipinski definition) is 3. The molecule has 2 nitrogen and oxygen atoms in total. The van der Waals surface area contributed by atoms with Gasteiger partial charge in [-0.25, -0.2) is 0 Å². The number of fused-ring (bicyclic) bond motifs is 1. The Morgan fingerprint density at radius 1 is 1.38 bits per heavy atom. The van der Waals surface area contributed by atoms with Crippen molar-refractivity contribution in [1.82, 2.24) is 4.98 Å². The molecule has 13 heavy (non-hydrogen) atoms. The lowest BCUT2D eigenvalue weighted by Gasteiger charge is -1.99. The first-order chi connectivity index (χ1) is 6.31. The SMILES string of the molecule is N/C(=C\S)c1ccc2[nH]ccc2c1. The molecule has 0 aliphatic heterocycles. The fraction of sp³-hybridized carbons (Fsp3) is 0. The van der Waals surface area contributed by atoms with Crippen LogP contribution in [0.15, 0.2) is 35.9 Å². The Hall–Kier alpha value is -1.35. The van der Waals surface area contributed by atoms with Gasteiger partial charge in [-0.2, -0.15) is 0 Å². The van der Waals surface area contributed by atoms with Crippen LogP contribution in [0.4, 0.5) is 0 Å². The van der Waals surface area contributed by atoms with Crippen LogP contribution in [0, 0.1) is 0 Å². The summed E-state index contributed by atoms with van der Waals surface area (Å²) in [6, 6.07) is 8.04. The maximum absolute atomic E-state index is 5.73. The molecule has 3 N–H and O–H groups in total. The van der Waals surface area contributed by atoms with Crippen molar-refractivity contribution in [2.45, 2.75) is 0 Å². The van der Waals surface area contributed by atoms with Gasteiger partial charge in [0, 0.05) is 22.8 Å². The average molecular weight is 190 g/mol. The molecular formula is C10H10N2S. The standard InChI is InChI=1S/C10H10N2S/c11-9(6-13)7-1-2-10-8(5-7)3-4-12-10/h1-6,12-13H,11H2/b9-6-. The number of thiol groups is 1. The Morgan fingerprint density at radius 3 is 3.00 bits per heavy atom. The zero-order valence-electron chi connectivity index (χ0n) is 6.99. The van der Waals surface area contributed by atoms with Crippen molar-refractivity contribution in [2.75, 3.05) is 0 Å². The number of nitrogens with one attached hydrogen (secondary N) is 1. The van der Waals surface area contributed by atoms with Crippen molar-refractivity contribution in [3.8, 4) is 0 Å². The normalized spacial score (nSPS) is 12.2. The third kappa shape index (κ3) is 1.42. The van der Waals surface area contributed by atoms with Gasteiger partial charge >= 0.3 is 0 Å². The zero-order valence-corrected chi connectivity index (χ0v) is 7.88. The van der Waals surface area contributed by atoms with E-state index in [2.05, 4.69) is 17.6 Å². The smallest absolute Gasteiger partial charge is 0.0454 e. The number of aromatic nitrogens is 1. The number of H-pyrrole nitrogens is 1. The van der Waals surface area contributed by atoms with Gasteiger partial charge in [0.05, 0.1) is 0 Å². The van der Waals surface area contributed by atoms with Crippen molar-refractivity contribution >= 4 is 29.2 Å². The Kier molecular flexibility index (Phi) is 2.02. The zero-order chi connectivity index (χ0) is 9.26. The molecule has 0 aliphatic carbocycles. The van der Waals surface area contributed by atoms with Crippen LogP contribution in [0.1, 0.15) is 5.56 Å². The highest BCUT2D eigenvalue weighted by Gasteiger charge is 1.98. The predicted molar refractivity (Wildman–Crippen MR) is 59.4 cm³/mol. The van der Waals surface area contributed by atoms with Gasteiger partial charge < -0.3 is 10.7 Å². The van der Waals surface area contributed by atoms with Crippen LogP contribution in [-0.2, 0) is 0 Å². The van der Waals surface area contributed by atoms with Crippen LogP contribution in [-0.4, -0.2) is 4.98 Å². The van der Waals surface area contributed by atoms with E-state index in [9.17, 15) is 0 Å². The van der Waals surface area contributed by atoms with Crippen molar-refractivity contribution < 1.29 is 0 Å². The van der Waals surface area contributed by atoms with E-state index >= 15 is 0 Å². The largest absolute Gasteiger partial charge is 0.398 e. The van der Waals surface area contributed by atoms with Crippen molar-refractivity contribution in [1.29, 1.82) is 0 Å². The molecule has 1 heterocycles. The summed E-state index contributed by atoms with van der Waals surface area (Å²) in [5, 5.41) is 2.77. The van der Waals surface area contributed by atoms with Gasteiger partial charge in [0.25, 0.3) is 0 Å². The summed E-state index contributed by atoms with van der Waals surface area (Å²) in [7, 11) is 0. The highest BCUT2D eigenvalue weighted by molar-refractivity contribution is 7.83. The third-order valence-electron chi connectivity index (χ3n) is 2.03. The second-order valence-corrected chi connectivity index (χ2v) is 3.12. The minimum Gasteiger partial charge on any atom is -0.398 e. The van der Waals surface area contributed by atoms with E-state index in [1.807, 2.05) is 30.5 Å². The number of nitrogens with two attached hydrogens (primary N) is 1. The third-order valence-corrected chi connectivity index (χ3v) is 2.30. The van der Waals surface area contributed by atoms with E-state index in [1.165, 1.54) is 0 Å². The minimum absolute atomic E-state index is 0.687. The number of benzene rings is 1. The highest BCUT2D eigenvalue weighted by Crippen LogP contribution is 2.17. The first-order valence-corrected chi connectivity index (χ1v) is 4.50. The van der Waals surface area contributed by atoms with Crippen LogP contribution < -0.4 is 5.73 Å². The van der Waals surface area contributed by atoms with Crippen molar-refractivity contribution in [2.24, 2.45) is 5.73 Å². The quantitative estimate of drug-likeness (QED) is 0.594. The Balaban J connectivity index is 2.60. The molecule has 0 radical (unpaired) electrons. The summed E-state index contributed by atoms with van der Waals surface area (Å²) in [6.45, 7) is 0. The molecular weight excluding hydrogens is 180 g/mol. The van der Waals surface area contributed by atoms with Crippen LogP contribution in [0.3, 0.4) is 0 Å². The first kappa shape index (κ1) is 8.26. The summed E-state index contributed by atoms with van der Waals surface area (Å²) in [6.07, 6.45) is 1.91. The monoisotopic (exact) mass is 190 g/mol. The van der Waals surface area contributed by atoms with Gasteiger partial charge in [0.15, 0.2) is 0 Å². The van der Waals surface area contributed by atoms with E-state index in [0.717, 1.165) is 16.5 Å². The molecule has 1 aromatic heterocycles. The molecule has 0 aliphatic rings. The summed E-state index contributed by atoms with van der Waals surface area (Å²) in [5.41, 5.74) is 8.54. The summed E-state index contributed by atoms with van der Waals surface area (Å²) in [5.74, 6) is 0. The molecule has 66 valence electrons. The number of rotatable bonds is 1. The molecule has 0 bridgehead atoms. The molecule has 0 fully saturated rings. The van der Waals surface area contributed by atoms with E-state index in [4.69, 9.17) is 5.73 Å². The molecule has 0 unspecified atom stereocenters. The van der Waals surface area contributed by atoms with Crippen LogP contribution >= 0.6 is 12.6 Å². The molecule has 2 rings (SSSR count). The van der Waals surface area contributed by atoms with Gasteiger partial charge in [-0.1, -0.05) is 6.07 Å². The predicted octanol–water partition coefficient (Wildman–Crippen LogP) is 2.35. The maximum Gasteiger partial charge on any atom is 0.0454 e. The number of hydrogen-bond acceptors (Lipinski definition) is 2. The molecule has 0 spiro atoms. The molecule has 0 amide bonds. The van der Waals surface area contributed by atoms with Crippen LogP contribution in [0.25, 0.3) is 16.6 Å². The second-order valence-electron chi connectivity index (χ2n) is 2.86. The molecule has 2 aromatic rings. The summed E-state index contributed by atoms with van der Waals surface area (Å²) < 4.78 is 0. The lowest BCUT2D eigenvalue weighted by atomic mass is 10.1. The molecule has 0 atom stereocenters. The van der Waals surface area contributed by atoms with Gasteiger partial charge in [0.2, 0.25) is 0 Å². The summed E-state index contributed by atoms with van der Waals surface area (Å²) in [4.78, 5) is 3.12. The maximum atomic E-state index is 5.73. The van der Waals surface area contributed by atoms with Crippen LogP contribution in [0.5, 0.6) is 0 Å². The first-order valence-electron chi connectivity index (χ1n) is 3.98. The number of aromatic amines is 1.